The van der Waals surface area contributed by atoms with Crippen molar-refractivity contribution in [2.45, 2.75) is 32.0 Å². The minimum absolute atomic E-state index is 0.597. The maximum Gasteiger partial charge on any atom is 0.143 e. The second-order valence-electron chi connectivity index (χ2n) is 6.43. The van der Waals surface area contributed by atoms with Crippen LogP contribution < -0.4 is 4.90 Å². The van der Waals surface area contributed by atoms with E-state index >= 15 is 0 Å². The Morgan fingerprint density at radius 1 is 1.18 bits per heavy atom. The van der Waals surface area contributed by atoms with E-state index in [4.69, 9.17) is 0 Å². The summed E-state index contributed by atoms with van der Waals surface area (Å²) in [5, 5.41) is 0. The number of pyridine rings is 1. The number of fused-ring (bicyclic) bond motifs is 2. The first-order valence-electron chi connectivity index (χ1n) is 7.87. The van der Waals surface area contributed by atoms with E-state index in [9.17, 15) is 0 Å². The lowest BCUT2D eigenvalue weighted by Crippen LogP contribution is -2.46. The molecule has 2 unspecified atom stereocenters. The zero-order valence-electron chi connectivity index (χ0n) is 12.7. The van der Waals surface area contributed by atoms with Crippen molar-refractivity contribution in [3.63, 3.8) is 0 Å². The molecule has 4 heteroatoms. The van der Waals surface area contributed by atoms with Crippen molar-refractivity contribution in [2.24, 2.45) is 0 Å². The molecule has 1 aromatic heterocycles. The summed E-state index contributed by atoms with van der Waals surface area (Å²) in [7, 11) is 0. The number of likely N-dealkylation sites (tertiary alicyclic amines) is 1. The summed E-state index contributed by atoms with van der Waals surface area (Å²) in [6.07, 6.45) is 3.22. The molecule has 0 aliphatic carbocycles. The molecule has 2 saturated heterocycles. The van der Waals surface area contributed by atoms with Gasteiger partial charge in [0.25, 0.3) is 0 Å². The van der Waals surface area contributed by atoms with E-state index in [1.54, 1.807) is 0 Å². The first-order valence-corrected chi connectivity index (χ1v) is 8.67. The molecular weight excluding hydrogens is 338 g/mol. The van der Waals surface area contributed by atoms with Gasteiger partial charge in [0.2, 0.25) is 0 Å². The summed E-state index contributed by atoms with van der Waals surface area (Å²) in [5.41, 5.74) is 2.61. The summed E-state index contributed by atoms with van der Waals surface area (Å²) in [4.78, 5) is 9.75. The maximum absolute atomic E-state index is 4.65. The standard InChI is InChI=1S/C18H20BrN3/c1-13-7-17(19)18(20-9-13)22-12-15-8-16(22)11-21(15)10-14-5-3-2-4-6-14/h2-7,9,15-16H,8,10-12H2,1H3. The second-order valence-corrected chi connectivity index (χ2v) is 7.28. The summed E-state index contributed by atoms with van der Waals surface area (Å²) in [6, 6.07) is 14.2. The van der Waals surface area contributed by atoms with Crippen LogP contribution in [0, 0.1) is 6.92 Å². The van der Waals surface area contributed by atoms with Gasteiger partial charge in [0, 0.05) is 37.9 Å². The van der Waals surface area contributed by atoms with Gasteiger partial charge in [-0.2, -0.15) is 0 Å². The number of anilines is 1. The van der Waals surface area contributed by atoms with Crippen molar-refractivity contribution in [1.82, 2.24) is 9.88 Å². The highest BCUT2D eigenvalue weighted by atomic mass is 79.9. The molecule has 2 atom stereocenters. The fourth-order valence-corrected chi connectivity index (χ4v) is 4.45. The van der Waals surface area contributed by atoms with Crippen LogP contribution in [0.15, 0.2) is 47.1 Å². The number of piperazine rings is 1. The normalized spacial score (nSPS) is 24.2. The Hall–Kier alpha value is -1.39. The van der Waals surface area contributed by atoms with Crippen LogP contribution in [-0.4, -0.2) is 35.1 Å². The summed E-state index contributed by atoms with van der Waals surface area (Å²) in [6.45, 7) is 5.38. The number of hydrogen-bond acceptors (Lipinski definition) is 3. The van der Waals surface area contributed by atoms with Gasteiger partial charge in [-0.05, 0) is 46.5 Å². The van der Waals surface area contributed by atoms with E-state index in [-0.39, 0.29) is 0 Å². The maximum atomic E-state index is 4.65. The van der Waals surface area contributed by atoms with Crippen LogP contribution in [0.1, 0.15) is 17.5 Å². The molecule has 114 valence electrons. The Kier molecular flexibility index (Phi) is 3.66. The topological polar surface area (TPSA) is 19.4 Å². The Morgan fingerprint density at radius 3 is 2.68 bits per heavy atom. The molecule has 2 bridgehead atoms. The van der Waals surface area contributed by atoms with Gasteiger partial charge in [0.15, 0.2) is 0 Å². The predicted octanol–water partition coefficient (Wildman–Crippen LogP) is 3.62. The van der Waals surface area contributed by atoms with Gasteiger partial charge in [-0.3, -0.25) is 4.90 Å². The first-order chi connectivity index (χ1) is 10.7. The lowest BCUT2D eigenvalue weighted by molar-refractivity contribution is 0.230. The van der Waals surface area contributed by atoms with Crippen LogP contribution in [0.3, 0.4) is 0 Å². The Balaban J connectivity index is 1.48. The second kappa shape index (κ2) is 5.67. The van der Waals surface area contributed by atoms with Crippen molar-refractivity contribution in [1.29, 1.82) is 0 Å². The van der Waals surface area contributed by atoms with E-state index in [0.29, 0.717) is 12.1 Å². The lowest BCUT2D eigenvalue weighted by Gasteiger charge is -2.35. The molecule has 0 amide bonds. The zero-order valence-corrected chi connectivity index (χ0v) is 14.3. The molecule has 22 heavy (non-hydrogen) atoms. The lowest BCUT2D eigenvalue weighted by atomic mass is 10.2. The van der Waals surface area contributed by atoms with Crippen LogP contribution in [0.4, 0.5) is 5.82 Å². The number of halogens is 1. The van der Waals surface area contributed by atoms with E-state index in [2.05, 4.69) is 74.0 Å². The highest BCUT2D eigenvalue weighted by molar-refractivity contribution is 9.10. The van der Waals surface area contributed by atoms with Crippen molar-refractivity contribution in [3.8, 4) is 0 Å². The molecular formula is C18H20BrN3. The monoisotopic (exact) mass is 357 g/mol. The van der Waals surface area contributed by atoms with Gasteiger partial charge in [-0.15, -0.1) is 0 Å². The average molecular weight is 358 g/mol. The smallest absolute Gasteiger partial charge is 0.143 e. The van der Waals surface area contributed by atoms with E-state index in [1.807, 2.05) is 6.20 Å². The Labute approximate surface area is 140 Å². The minimum atomic E-state index is 0.597. The number of benzene rings is 1. The molecule has 0 saturated carbocycles. The molecule has 2 aliphatic rings. The minimum Gasteiger partial charge on any atom is -0.350 e. The average Bonchev–Trinajstić information content (AvgIpc) is 3.08. The molecule has 2 aliphatic heterocycles. The number of nitrogens with zero attached hydrogens (tertiary/aromatic N) is 3. The van der Waals surface area contributed by atoms with Gasteiger partial charge >= 0.3 is 0 Å². The number of hydrogen-bond donors (Lipinski definition) is 0. The van der Waals surface area contributed by atoms with Crippen molar-refractivity contribution in [3.05, 3.63) is 58.2 Å². The molecule has 0 N–H and O–H groups in total. The van der Waals surface area contributed by atoms with Gasteiger partial charge < -0.3 is 4.90 Å². The Bertz CT molecular complexity index is 673. The van der Waals surface area contributed by atoms with Crippen molar-refractivity contribution < 1.29 is 0 Å². The Morgan fingerprint density at radius 2 is 2.00 bits per heavy atom. The van der Waals surface area contributed by atoms with E-state index < -0.39 is 0 Å². The fourth-order valence-electron chi connectivity index (χ4n) is 3.76. The highest BCUT2D eigenvalue weighted by Crippen LogP contribution is 2.37. The molecule has 0 radical (unpaired) electrons. The summed E-state index contributed by atoms with van der Waals surface area (Å²) in [5.74, 6) is 1.11. The quantitative estimate of drug-likeness (QED) is 0.836. The first kappa shape index (κ1) is 14.2. The van der Waals surface area contributed by atoms with Crippen LogP contribution in [-0.2, 0) is 6.54 Å². The van der Waals surface area contributed by atoms with Gasteiger partial charge in [-0.25, -0.2) is 4.98 Å². The predicted molar refractivity (Wildman–Crippen MR) is 93.1 cm³/mol. The van der Waals surface area contributed by atoms with Crippen LogP contribution in [0.5, 0.6) is 0 Å². The third kappa shape index (κ3) is 2.55. The third-order valence-electron chi connectivity index (χ3n) is 4.81. The number of aromatic nitrogens is 1. The van der Waals surface area contributed by atoms with Gasteiger partial charge in [0.1, 0.15) is 5.82 Å². The van der Waals surface area contributed by atoms with Crippen LogP contribution >= 0.6 is 15.9 Å². The molecule has 3 nitrogen and oxygen atoms in total. The third-order valence-corrected chi connectivity index (χ3v) is 5.40. The van der Waals surface area contributed by atoms with Gasteiger partial charge in [0.05, 0.1) is 4.47 Å². The van der Waals surface area contributed by atoms with E-state index in [1.165, 1.54) is 17.5 Å². The molecule has 0 spiro atoms. The van der Waals surface area contributed by atoms with Gasteiger partial charge in [-0.1, -0.05) is 30.3 Å². The molecule has 2 aromatic rings. The molecule has 2 fully saturated rings. The summed E-state index contributed by atoms with van der Waals surface area (Å²) >= 11 is 3.68. The van der Waals surface area contributed by atoms with E-state index in [0.717, 1.165) is 29.9 Å². The molecule has 4 rings (SSSR count). The summed E-state index contributed by atoms with van der Waals surface area (Å²) < 4.78 is 1.12. The SMILES string of the molecule is Cc1cnc(N2CC3CC2CN3Cc2ccccc2)c(Br)c1. The molecule has 3 heterocycles. The van der Waals surface area contributed by atoms with Crippen LogP contribution in [0.25, 0.3) is 0 Å². The van der Waals surface area contributed by atoms with Crippen molar-refractivity contribution >= 4 is 21.7 Å². The largest absolute Gasteiger partial charge is 0.350 e. The molecule has 1 aromatic carbocycles. The highest BCUT2D eigenvalue weighted by Gasteiger charge is 2.43. The van der Waals surface area contributed by atoms with Crippen LogP contribution in [0.2, 0.25) is 0 Å². The fraction of sp³-hybridized carbons (Fsp3) is 0.389. The zero-order chi connectivity index (χ0) is 15.1. The number of aryl methyl sites for hydroxylation is 1. The number of rotatable bonds is 3. The van der Waals surface area contributed by atoms with Crippen molar-refractivity contribution in [2.75, 3.05) is 18.0 Å².